The van der Waals surface area contributed by atoms with Crippen LogP contribution in [0.1, 0.15) is 25.0 Å². The minimum absolute atomic E-state index is 0.0859. The van der Waals surface area contributed by atoms with E-state index < -0.39 is 0 Å². The van der Waals surface area contributed by atoms with Crippen molar-refractivity contribution in [3.63, 3.8) is 0 Å². The third-order valence-electron chi connectivity index (χ3n) is 5.48. The zero-order valence-electron chi connectivity index (χ0n) is 14.9. The van der Waals surface area contributed by atoms with Crippen molar-refractivity contribution in [1.82, 2.24) is 4.57 Å². The minimum Gasteiger partial charge on any atom is -0.343 e. The van der Waals surface area contributed by atoms with E-state index >= 15 is 0 Å². The number of benzene rings is 3. The van der Waals surface area contributed by atoms with Crippen LogP contribution in [0, 0.1) is 5.41 Å². The molecule has 1 heteroatoms. The molecule has 0 unspecified atom stereocenters. The second-order valence-corrected chi connectivity index (χ2v) is 7.69. The molecule has 5 rings (SSSR count). The Kier molecular flexibility index (Phi) is 2.82. The Morgan fingerprint density at radius 2 is 1.44 bits per heavy atom. The van der Waals surface area contributed by atoms with Crippen LogP contribution >= 0.6 is 0 Å². The normalized spacial score (nSPS) is 15.8. The summed E-state index contributed by atoms with van der Waals surface area (Å²) in [6.07, 6.45) is 9.17. The summed E-state index contributed by atoms with van der Waals surface area (Å²) in [5, 5.41) is 5.28. The van der Waals surface area contributed by atoms with Gasteiger partial charge in [-0.2, -0.15) is 0 Å². The van der Waals surface area contributed by atoms with Crippen molar-refractivity contribution in [2.24, 2.45) is 12.5 Å². The Hall–Kier alpha value is -2.80. The third-order valence-corrected chi connectivity index (χ3v) is 5.48. The van der Waals surface area contributed by atoms with Crippen molar-refractivity contribution in [2.45, 2.75) is 13.8 Å². The summed E-state index contributed by atoms with van der Waals surface area (Å²) in [7, 11) is 2.20. The van der Waals surface area contributed by atoms with Gasteiger partial charge in [0.2, 0.25) is 0 Å². The Morgan fingerprint density at radius 3 is 2.32 bits per heavy atom. The molecule has 1 aromatic heterocycles. The maximum Gasteiger partial charge on any atom is 0.0568 e. The van der Waals surface area contributed by atoms with E-state index in [0.29, 0.717) is 0 Å². The van der Waals surface area contributed by atoms with Crippen molar-refractivity contribution in [1.29, 1.82) is 0 Å². The van der Waals surface area contributed by atoms with Crippen LogP contribution in [0.3, 0.4) is 0 Å². The fraction of sp³-hybridized carbons (Fsp3) is 0.167. The van der Waals surface area contributed by atoms with E-state index in [4.69, 9.17) is 0 Å². The zero-order chi connectivity index (χ0) is 17.2. The number of nitrogens with zero attached hydrogens (tertiary/aromatic N) is 1. The highest BCUT2D eigenvalue weighted by Crippen LogP contribution is 2.38. The largest absolute Gasteiger partial charge is 0.343 e. The molecule has 0 saturated carbocycles. The molecular weight excluding hydrogens is 302 g/mol. The summed E-state index contributed by atoms with van der Waals surface area (Å²) in [6.45, 7) is 4.50. The van der Waals surface area contributed by atoms with Crippen molar-refractivity contribution in [3.05, 3.63) is 71.8 Å². The van der Waals surface area contributed by atoms with Crippen LogP contribution in [-0.2, 0) is 7.05 Å². The first-order valence-electron chi connectivity index (χ1n) is 8.86. The van der Waals surface area contributed by atoms with Gasteiger partial charge in [-0.25, -0.2) is 0 Å². The second kappa shape index (κ2) is 4.86. The summed E-state index contributed by atoms with van der Waals surface area (Å²) >= 11 is 0. The van der Waals surface area contributed by atoms with E-state index in [0.717, 1.165) is 0 Å². The number of allylic oxidation sites excluding steroid dienone is 2. The average molecular weight is 323 g/mol. The van der Waals surface area contributed by atoms with Gasteiger partial charge in [0.05, 0.1) is 11.0 Å². The summed E-state index contributed by atoms with van der Waals surface area (Å²) in [6, 6.07) is 17.7. The molecule has 1 aliphatic rings. The van der Waals surface area contributed by atoms with Crippen LogP contribution in [0.5, 0.6) is 0 Å². The molecule has 3 aromatic carbocycles. The molecule has 1 heterocycles. The van der Waals surface area contributed by atoms with Crippen LogP contribution < -0.4 is 0 Å². The zero-order valence-corrected chi connectivity index (χ0v) is 14.9. The van der Waals surface area contributed by atoms with E-state index in [1.165, 1.54) is 43.7 Å². The van der Waals surface area contributed by atoms with Gasteiger partial charge in [-0.3, -0.25) is 0 Å². The Bertz CT molecular complexity index is 1220. The van der Waals surface area contributed by atoms with Crippen LogP contribution in [0.2, 0.25) is 0 Å². The van der Waals surface area contributed by atoms with Crippen molar-refractivity contribution < 1.29 is 0 Å². The Balaban J connectivity index is 1.98. The van der Waals surface area contributed by atoms with Crippen molar-refractivity contribution in [2.75, 3.05) is 0 Å². The molecule has 4 aromatic rings. The number of hydrogen-bond acceptors (Lipinski definition) is 0. The molecule has 0 saturated heterocycles. The predicted molar refractivity (Wildman–Crippen MR) is 110 cm³/mol. The molecule has 0 atom stereocenters. The lowest BCUT2D eigenvalue weighted by molar-refractivity contribution is 0.633. The van der Waals surface area contributed by atoms with Gasteiger partial charge in [0.15, 0.2) is 0 Å². The Morgan fingerprint density at radius 1 is 0.720 bits per heavy atom. The highest BCUT2D eigenvalue weighted by atomic mass is 14.9. The highest BCUT2D eigenvalue weighted by molar-refractivity contribution is 6.19. The molecule has 0 bridgehead atoms. The fourth-order valence-electron chi connectivity index (χ4n) is 4.13. The number of aromatic nitrogens is 1. The summed E-state index contributed by atoms with van der Waals surface area (Å²) in [5.74, 6) is 0. The SMILES string of the molecule is Cn1c2c3c(ccc2c2ccc4ccccc4c21)C=CC(C)(C)C=C3. The Labute approximate surface area is 147 Å². The topological polar surface area (TPSA) is 4.93 Å². The van der Waals surface area contributed by atoms with E-state index in [2.05, 4.69) is 98.3 Å². The maximum atomic E-state index is 2.38. The molecule has 0 N–H and O–H groups in total. The van der Waals surface area contributed by atoms with Crippen LogP contribution in [0.4, 0.5) is 0 Å². The number of aryl methyl sites for hydroxylation is 1. The smallest absolute Gasteiger partial charge is 0.0568 e. The molecule has 0 radical (unpaired) electrons. The second-order valence-electron chi connectivity index (χ2n) is 7.69. The first-order valence-corrected chi connectivity index (χ1v) is 8.86. The van der Waals surface area contributed by atoms with Crippen LogP contribution in [-0.4, -0.2) is 4.57 Å². The molecule has 1 aliphatic carbocycles. The van der Waals surface area contributed by atoms with Gasteiger partial charge in [-0.05, 0) is 10.9 Å². The monoisotopic (exact) mass is 323 g/mol. The van der Waals surface area contributed by atoms with Gasteiger partial charge in [0, 0.05) is 34.2 Å². The summed E-state index contributed by atoms with van der Waals surface area (Å²) in [4.78, 5) is 0. The highest BCUT2D eigenvalue weighted by Gasteiger charge is 2.18. The molecule has 25 heavy (non-hydrogen) atoms. The van der Waals surface area contributed by atoms with E-state index in [1.807, 2.05) is 0 Å². The fourth-order valence-corrected chi connectivity index (χ4v) is 4.13. The number of hydrogen-bond donors (Lipinski definition) is 0. The van der Waals surface area contributed by atoms with E-state index in [-0.39, 0.29) is 5.41 Å². The van der Waals surface area contributed by atoms with Gasteiger partial charge in [0.1, 0.15) is 0 Å². The molecule has 0 amide bonds. The lowest BCUT2D eigenvalue weighted by Crippen LogP contribution is -2.00. The molecule has 1 nitrogen and oxygen atoms in total. The summed E-state index contributed by atoms with van der Waals surface area (Å²) < 4.78 is 2.38. The lowest BCUT2D eigenvalue weighted by atomic mass is 9.93. The third kappa shape index (κ3) is 2.02. The number of fused-ring (bicyclic) bond motifs is 7. The quantitative estimate of drug-likeness (QED) is 0.346. The van der Waals surface area contributed by atoms with Gasteiger partial charge < -0.3 is 4.57 Å². The first-order chi connectivity index (χ1) is 12.1. The predicted octanol–water partition coefficient (Wildman–Crippen LogP) is 6.55. The van der Waals surface area contributed by atoms with Crippen molar-refractivity contribution >= 4 is 44.7 Å². The van der Waals surface area contributed by atoms with Crippen molar-refractivity contribution in [3.8, 4) is 0 Å². The molecule has 0 fully saturated rings. The van der Waals surface area contributed by atoms with Crippen LogP contribution in [0.25, 0.3) is 44.7 Å². The van der Waals surface area contributed by atoms with E-state index in [1.54, 1.807) is 0 Å². The molecule has 0 aliphatic heterocycles. The van der Waals surface area contributed by atoms with Gasteiger partial charge in [0.25, 0.3) is 0 Å². The van der Waals surface area contributed by atoms with Gasteiger partial charge in [-0.1, -0.05) is 86.7 Å². The molecule has 122 valence electrons. The summed E-state index contributed by atoms with van der Waals surface area (Å²) in [5.41, 5.74) is 5.35. The average Bonchev–Trinajstić information content (AvgIpc) is 2.81. The molecule has 0 spiro atoms. The van der Waals surface area contributed by atoms with Gasteiger partial charge >= 0.3 is 0 Å². The standard InChI is InChI=1S/C24H21N/c1-24(2)14-12-17-9-11-21-20-10-8-16-6-4-5-7-18(16)22(20)25(3)23(21)19(17)13-15-24/h4-15H,1-3H3. The van der Waals surface area contributed by atoms with E-state index in [9.17, 15) is 0 Å². The minimum atomic E-state index is 0.0859. The van der Waals surface area contributed by atoms with Crippen LogP contribution in [0.15, 0.2) is 60.7 Å². The van der Waals surface area contributed by atoms with Gasteiger partial charge in [-0.15, -0.1) is 0 Å². The lowest BCUT2D eigenvalue weighted by Gasteiger charge is -2.12. The number of rotatable bonds is 0. The molecular formula is C24H21N. The maximum absolute atomic E-state index is 2.38. The first kappa shape index (κ1) is 14.5.